The molecule has 1 heteroatoms. The van der Waals surface area contributed by atoms with Crippen molar-refractivity contribution >= 4 is 0 Å². The van der Waals surface area contributed by atoms with Gasteiger partial charge < -0.3 is 4.74 Å². The van der Waals surface area contributed by atoms with Crippen LogP contribution < -0.4 is 0 Å². The van der Waals surface area contributed by atoms with Gasteiger partial charge in [-0.3, -0.25) is 0 Å². The molecular weight excluding hydrogens is 136 g/mol. The van der Waals surface area contributed by atoms with Crippen molar-refractivity contribution in [2.75, 3.05) is 6.61 Å². The third-order valence-electron chi connectivity index (χ3n) is 1.25. The molecular formula is C10H18O. The molecule has 0 aliphatic rings. The van der Waals surface area contributed by atoms with Crippen LogP contribution in [0, 0.1) is 12.3 Å². The Kier molecular flexibility index (Phi) is 4.98. The van der Waals surface area contributed by atoms with E-state index in [4.69, 9.17) is 11.2 Å². The smallest absolute Gasteiger partial charge is 0.0598 e. The molecule has 0 aliphatic carbocycles. The standard InChI is InChI=1S/C10H18O/c1-5-6-7-8-9-11-10(2,3)4/h1H,6-9H2,2-4H3. The van der Waals surface area contributed by atoms with Gasteiger partial charge in [0.1, 0.15) is 0 Å². The molecule has 0 amide bonds. The van der Waals surface area contributed by atoms with E-state index in [0.717, 1.165) is 25.9 Å². The molecule has 1 nitrogen and oxygen atoms in total. The Bertz CT molecular complexity index is 125. The molecule has 11 heavy (non-hydrogen) atoms. The van der Waals surface area contributed by atoms with Crippen LogP contribution in [0.2, 0.25) is 0 Å². The van der Waals surface area contributed by atoms with E-state index in [9.17, 15) is 0 Å². The molecule has 0 bridgehead atoms. The second-order valence-corrected chi connectivity index (χ2v) is 3.62. The predicted molar refractivity (Wildman–Crippen MR) is 48.4 cm³/mol. The summed E-state index contributed by atoms with van der Waals surface area (Å²) in [6.45, 7) is 7.02. The van der Waals surface area contributed by atoms with Crippen LogP contribution in [0.3, 0.4) is 0 Å². The maximum Gasteiger partial charge on any atom is 0.0598 e. The summed E-state index contributed by atoms with van der Waals surface area (Å²) >= 11 is 0. The molecule has 0 fully saturated rings. The summed E-state index contributed by atoms with van der Waals surface area (Å²) in [5.74, 6) is 2.61. The van der Waals surface area contributed by atoms with Gasteiger partial charge in [0.15, 0.2) is 0 Å². The lowest BCUT2D eigenvalue weighted by Crippen LogP contribution is -2.19. The van der Waals surface area contributed by atoms with E-state index in [-0.39, 0.29) is 5.60 Å². The van der Waals surface area contributed by atoms with E-state index in [1.165, 1.54) is 0 Å². The summed E-state index contributed by atoms with van der Waals surface area (Å²) in [6.07, 6.45) is 8.12. The largest absolute Gasteiger partial charge is 0.376 e. The van der Waals surface area contributed by atoms with Crippen molar-refractivity contribution in [2.24, 2.45) is 0 Å². The van der Waals surface area contributed by atoms with Crippen molar-refractivity contribution in [2.45, 2.75) is 45.6 Å². The molecule has 0 saturated heterocycles. The Labute approximate surface area is 70.1 Å². The van der Waals surface area contributed by atoms with Crippen LogP contribution in [0.4, 0.5) is 0 Å². The fraction of sp³-hybridized carbons (Fsp3) is 0.800. The molecule has 0 rings (SSSR count). The van der Waals surface area contributed by atoms with Gasteiger partial charge in [-0.25, -0.2) is 0 Å². The van der Waals surface area contributed by atoms with Gasteiger partial charge in [0.25, 0.3) is 0 Å². The van der Waals surface area contributed by atoms with Crippen LogP contribution in [0.1, 0.15) is 40.0 Å². The fourth-order valence-electron chi connectivity index (χ4n) is 0.707. The zero-order chi connectivity index (χ0) is 8.74. The first-order valence-electron chi connectivity index (χ1n) is 4.14. The van der Waals surface area contributed by atoms with Crippen molar-refractivity contribution in [1.82, 2.24) is 0 Å². The number of rotatable bonds is 4. The SMILES string of the molecule is C#CCCCCOC(C)(C)C. The Morgan fingerprint density at radius 1 is 1.27 bits per heavy atom. The zero-order valence-electron chi connectivity index (χ0n) is 7.81. The highest BCUT2D eigenvalue weighted by atomic mass is 16.5. The molecule has 0 aromatic heterocycles. The lowest BCUT2D eigenvalue weighted by molar-refractivity contribution is -0.00442. The quantitative estimate of drug-likeness (QED) is 0.447. The van der Waals surface area contributed by atoms with E-state index in [1.54, 1.807) is 0 Å². The van der Waals surface area contributed by atoms with Crippen molar-refractivity contribution < 1.29 is 4.74 Å². The highest BCUT2D eigenvalue weighted by molar-refractivity contribution is 4.82. The van der Waals surface area contributed by atoms with Crippen LogP contribution in [0.15, 0.2) is 0 Å². The predicted octanol–water partition coefficient (Wildman–Crippen LogP) is 2.61. The monoisotopic (exact) mass is 154 g/mol. The van der Waals surface area contributed by atoms with Gasteiger partial charge in [0.05, 0.1) is 5.60 Å². The second-order valence-electron chi connectivity index (χ2n) is 3.62. The number of hydrogen-bond donors (Lipinski definition) is 0. The minimum atomic E-state index is -0.00383. The van der Waals surface area contributed by atoms with Gasteiger partial charge >= 0.3 is 0 Å². The van der Waals surface area contributed by atoms with E-state index >= 15 is 0 Å². The average Bonchev–Trinajstić information content (AvgIpc) is 1.85. The van der Waals surface area contributed by atoms with Gasteiger partial charge in [0.2, 0.25) is 0 Å². The topological polar surface area (TPSA) is 9.23 Å². The van der Waals surface area contributed by atoms with Gasteiger partial charge in [-0.1, -0.05) is 0 Å². The number of terminal acetylenes is 1. The molecule has 0 heterocycles. The molecule has 0 N–H and O–H groups in total. The lowest BCUT2D eigenvalue weighted by atomic mass is 10.2. The van der Waals surface area contributed by atoms with Gasteiger partial charge in [-0.05, 0) is 33.6 Å². The van der Waals surface area contributed by atoms with Gasteiger partial charge in [-0.15, -0.1) is 12.3 Å². The first kappa shape index (κ1) is 10.5. The van der Waals surface area contributed by atoms with Crippen molar-refractivity contribution in [1.29, 1.82) is 0 Å². The fourth-order valence-corrected chi connectivity index (χ4v) is 0.707. The molecule has 64 valence electrons. The zero-order valence-corrected chi connectivity index (χ0v) is 7.81. The highest BCUT2D eigenvalue weighted by Crippen LogP contribution is 2.07. The first-order valence-corrected chi connectivity index (χ1v) is 4.14. The lowest BCUT2D eigenvalue weighted by Gasteiger charge is -2.19. The molecule has 0 aromatic carbocycles. The number of unbranched alkanes of at least 4 members (excludes halogenated alkanes) is 2. The van der Waals surface area contributed by atoms with E-state index in [2.05, 4.69) is 26.7 Å². The third kappa shape index (κ3) is 9.52. The van der Waals surface area contributed by atoms with E-state index < -0.39 is 0 Å². The maximum atomic E-state index is 5.51. The second kappa shape index (κ2) is 5.21. The van der Waals surface area contributed by atoms with Crippen molar-refractivity contribution in [3.63, 3.8) is 0 Å². The Hall–Kier alpha value is -0.480. The highest BCUT2D eigenvalue weighted by Gasteiger charge is 2.08. The normalized spacial score (nSPS) is 11.1. The molecule has 0 spiro atoms. The molecule has 0 atom stereocenters. The molecule has 0 saturated carbocycles. The first-order chi connectivity index (χ1) is 5.06. The maximum absolute atomic E-state index is 5.51. The number of hydrogen-bond acceptors (Lipinski definition) is 1. The Morgan fingerprint density at radius 3 is 2.36 bits per heavy atom. The summed E-state index contributed by atoms with van der Waals surface area (Å²) in [5, 5.41) is 0. The minimum absolute atomic E-state index is 0.00383. The van der Waals surface area contributed by atoms with E-state index in [0.29, 0.717) is 0 Å². The summed E-state index contributed by atoms with van der Waals surface area (Å²) in [4.78, 5) is 0. The summed E-state index contributed by atoms with van der Waals surface area (Å²) in [5.41, 5.74) is -0.00383. The molecule has 0 aliphatic heterocycles. The van der Waals surface area contributed by atoms with E-state index in [1.807, 2.05) is 0 Å². The molecule has 0 radical (unpaired) electrons. The van der Waals surface area contributed by atoms with Crippen molar-refractivity contribution in [3.8, 4) is 12.3 Å². The Morgan fingerprint density at radius 2 is 1.91 bits per heavy atom. The summed E-state index contributed by atoms with van der Waals surface area (Å²) in [6, 6.07) is 0. The third-order valence-corrected chi connectivity index (χ3v) is 1.25. The van der Waals surface area contributed by atoms with Crippen LogP contribution in [-0.4, -0.2) is 12.2 Å². The average molecular weight is 154 g/mol. The van der Waals surface area contributed by atoms with Crippen molar-refractivity contribution in [3.05, 3.63) is 0 Å². The van der Waals surface area contributed by atoms with Crippen LogP contribution >= 0.6 is 0 Å². The summed E-state index contributed by atoms with van der Waals surface area (Å²) in [7, 11) is 0. The van der Waals surface area contributed by atoms with Crippen LogP contribution in [0.5, 0.6) is 0 Å². The van der Waals surface area contributed by atoms with Gasteiger partial charge in [-0.2, -0.15) is 0 Å². The van der Waals surface area contributed by atoms with Crippen LogP contribution in [-0.2, 0) is 4.74 Å². The van der Waals surface area contributed by atoms with Gasteiger partial charge in [0, 0.05) is 13.0 Å². The Balaban J connectivity index is 3.10. The molecule has 0 unspecified atom stereocenters. The molecule has 0 aromatic rings. The minimum Gasteiger partial charge on any atom is -0.376 e. The van der Waals surface area contributed by atoms with Crippen LogP contribution in [0.25, 0.3) is 0 Å². The number of ether oxygens (including phenoxy) is 1. The summed E-state index contributed by atoms with van der Waals surface area (Å²) < 4.78 is 5.51.